The molecule has 1 aliphatic rings. The summed E-state index contributed by atoms with van der Waals surface area (Å²) >= 11 is 0. The Morgan fingerprint density at radius 3 is 2.76 bits per heavy atom. The van der Waals surface area contributed by atoms with Crippen LogP contribution in [0.25, 0.3) is 0 Å². The second kappa shape index (κ2) is 9.35. The molecule has 4 rings (SSSR count). The normalized spacial score (nSPS) is 18.2. The number of aromatic nitrogens is 2. The maximum Gasteiger partial charge on any atom is 0.130 e. The molecule has 0 bridgehead atoms. The lowest BCUT2D eigenvalue weighted by molar-refractivity contribution is -0.0172. The van der Waals surface area contributed by atoms with Crippen LogP contribution in [0, 0.1) is 0 Å². The molecule has 0 radical (unpaired) electrons. The Balaban J connectivity index is 1.37. The number of benzene rings is 2. The van der Waals surface area contributed by atoms with Crippen LogP contribution in [0.1, 0.15) is 47.5 Å². The number of rotatable bonds is 8. The third-order valence-corrected chi connectivity index (χ3v) is 5.61. The zero-order chi connectivity index (χ0) is 20.1. The van der Waals surface area contributed by atoms with E-state index in [1.165, 1.54) is 11.1 Å². The molecule has 2 aromatic carbocycles. The van der Waals surface area contributed by atoms with Gasteiger partial charge in [0.25, 0.3) is 0 Å². The monoisotopic (exact) mass is 391 g/mol. The molecule has 0 saturated carbocycles. The molecule has 0 fully saturated rings. The van der Waals surface area contributed by atoms with Gasteiger partial charge in [-0.05, 0) is 36.0 Å². The minimum atomic E-state index is -0.587. The molecular weight excluding hydrogens is 362 g/mol. The van der Waals surface area contributed by atoms with Crippen molar-refractivity contribution in [1.29, 1.82) is 0 Å². The van der Waals surface area contributed by atoms with Crippen molar-refractivity contribution < 1.29 is 9.84 Å². The number of hydrogen-bond donors (Lipinski definition) is 2. The molecule has 3 atom stereocenters. The first-order chi connectivity index (χ1) is 14.2. The highest BCUT2D eigenvalue weighted by Gasteiger charge is 2.22. The molecule has 29 heavy (non-hydrogen) atoms. The number of aliphatic hydroxyl groups is 1. The number of nitrogens with zero attached hydrogens (tertiary/aromatic N) is 2. The fourth-order valence-corrected chi connectivity index (χ4v) is 4.08. The third-order valence-electron chi connectivity index (χ3n) is 5.61. The molecule has 152 valence electrons. The third kappa shape index (κ3) is 4.75. The summed E-state index contributed by atoms with van der Waals surface area (Å²) in [6, 6.07) is 18.6. The largest absolute Gasteiger partial charge is 0.389 e. The van der Waals surface area contributed by atoms with Crippen molar-refractivity contribution in [2.75, 3.05) is 13.2 Å². The van der Waals surface area contributed by atoms with Crippen molar-refractivity contribution in [1.82, 2.24) is 14.9 Å². The van der Waals surface area contributed by atoms with E-state index in [1.807, 2.05) is 36.0 Å². The fraction of sp³-hybridized carbons (Fsp3) is 0.375. The van der Waals surface area contributed by atoms with Crippen LogP contribution in [0.4, 0.5) is 0 Å². The number of aryl methyl sites for hydroxylation is 2. The van der Waals surface area contributed by atoms with E-state index in [0.29, 0.717) is 13.2 Å². The average Bonchev–Trinajstić information content (AvgIpc) is 3.19. The summed E-state index contributed by atoms with van der Waals surface area (Å²) in [6.45, 7) is 0.745. The number of nitrogens with one attached hydrogen (secondary N) is 1. The van der Waals surface area contributed by atoms with Crippen molar-refractivity contribution in [2.24, 2.45) is 7.05 Å². The minimum absolute atomic E-state index is 0.0778. The molecule has 5 heteroatoms. The zero-order valence-corrected chi connectivity index (χ0v) is 16.9. The maximum atomic E-state index is 10.6. The smallest absolute Gasteiger partial charge is 0.130 e. The van der Waals surface area contributed by atoms with E-state index in [9.17, 15) is 5.11 Å². The molecular formula is C24H29N3O2. The lowest BCUT2D eigenvalue weighted by Gasteiger charge is -2.27. The van der Waals surface area contributed by atoms with Gasteiger partial charge < -0.3 is 19.7 Å². The first-order valence-electron chi connectivity index (χ1n) is 10.4. The number of fused-ring (bicyclic) bond motifs is 1. The zero-order valence-electron chi connectivity index (χ0n) is 16.9. The molecule has 0 spiro atoms. The van der Waals surface area contributed by atoms with Gasteiger partial charge >= 0.3 is 0 Å². The van der Waals surface area contributed by atoms with Crippen LogP contribution in [0.2, 0.25) is 0 Å². The van der Waals surface area contributed by atoms with Crippen molar-refractivity contribution in [3.05, 3.63) is 89.5 Å². The van der Waals surface area contributed by atoms with Crippen LogP contribution in [0.5, 0.6) is 0 Å². The van der Waals surface area contributed by atoms with Gasteiger partial charge in [0, 0.05) is 26.0 Å². The lowest BCUT2D eigenvalue weighted by Crippen LogP contribution is -2.35. The van der Waals surface area contributed by atoms with Gasteiger partial charge in [-0.15, -0.1) is 0 Å². The van der Waals surface area contributed by atoms with Gasteiger partial charge in [0.1, 0.15) is 5.82 Å². The van der Waals surface area contributed by atoms with Crippen LogP contribution < -0.4 is 5.32 Å². The molecule has 1 aliphatic carbocycles. The van der Waals surface area contributed by atoms with Crippen LogP contribution in [0.15, 0.2) is 67.0 Å². The molecule has 5 nitrogen and oxygen atoms in total. The highest BCUT2D eigenvalue weighted by molar-refractivity contribution is 5.31. The topological polar surface area (TPSA) is 59.3 Å². The van der Waals surface area contributed by atoms with Gasteiger partial charge in [-0.3, -0.25) is 0 Å². The Morgan fingerprint density at radius 1 is 1.17 bits per heavy atom. The van der Waals surface area contributed by atoms with E-state index in [2.05, 4.69) is 46.7 Å². The van der Waals surface area contributed by atoms with Crippen LogP contribution in [0.3, 0.4) is 0 Å². The number of aliphatic hydroxyl groups excluding tert-OH is 1. The Hall–Kier alpha value is -2.47. The number of imidazole rings is 1. The minimum Gasteiger partial charge on any atom is -0.389 e. The average molecular weight is 392 g/mol. The van der Waals surface area contributed by atoms with Gasteiger partial charge in [0.05, 0.1) is 24.9 Å². The second-order valence-electron chi connectivity index (χ2n) is 7.72. The molecule has 0 amide bonds. The molecule has 2 N–H and O–H groups in total. The number of ether oxygens (including phenoxy) is 1. The summed E-state index contributed by atoms with van der Waals surface area (Å²) in [6.07, 6.45) is 6.48. The highest BCUT2D eigenvalue weighted by atomic mass is 16.5. The van der Waals surface area contributed by atoms with Gasteiger partial charge in [-0.1, -0.05) is 54.6 Å². The predicted octanol–water partition coefficient (Wildman–Crippen LogP) is 3.55. The molecule has 1 aromatic heterocycles. The van der Waals surface area contributed by atoms with Crippen LogP contribution >= 0.6 is 0 Å². The van der Waals surface area contributed by atoms with Crippen molar-refractivity contribution in [2.45, 2.75) is 37.5 Å². The van der Waals surface area contributed by atoms with Gasteiger partial charge in [0.15, 0.2) is 0 Å². The second-order valence-corrected chi connectivity index (χ2v) is 7.72. The Bertz CT molecular complexity index is 909. The maximum absolute atomic E-state index is 10.6. The Labute approximate surface area is 172 Å². The molecule has 0 saturated heterocycles. The van der Waals surface area contributed by atoms with E-state index in [0.717, 1.165) is 30.7 Å². The fourth-order valence-electron chi connectivity index (χ4n) is 4.08. The Kier molecular flexibility index (Phi) is 6.39. The van der Waals surface area contributed by atoms with Gasteiger partial charge in [-0.2, -0.15) is 0 Å². The van der Waals surface area contributed by atoms with Crippen molar-refractivity contribution >= 4 is 0 Å². The Morgan fingerprint density at radius 2 is 1.97 bits per heavy atom. The quantitative estimate of drug-likeness (QED) is 0.617. The summed E-state index contributed by atoms with van der Waals surface area (Å²) in [5.41, 5.74) is 3.76. The van der Waals surface area contributed by atoms with E-state index in [-0.39, 0.29) is 12.1 Å². The predicted molar refractivity (Wildman–Crippen MR) is 114 cm³/mol. The first-order valence-corrected chi connectivity index (χ1v) is 10.4. The number of hydrogen-bond acceptors (Lipinski definition) is 4. The van der Waals surface area contributed by atoms with Gasteiger partial charge in [-0.25, -0.2) is 4.98 Å². The van der Waals surface area contributed by atoms with Gasteiger partial charge in [0.2, 0.25) is 0 Å². The summed E-state index contributed by atoms with van der Waals surface area (Å²) in [5, 5.41) is 14.0. The van der Waals surface area contributed by atoms with E-state index in [4.69, 9.17) is 4.74 Å². The first kappa shape index (κ1) is 19.8. The SMILES string of the molecule is Cn1ccnc1[C@H](NC[C@@H](O)CO[C@H]1CCCc2ccccc21)c1ccccc1. The lowest BCUT2D eigenvalue weighted by atomic mass is 9.89. The summed E-state index contributed by atoms with van der Waals surface area (Å²) < 4.78 is 8.12. The van der Waals surface area contributed by atoms with Crippen molar-refractivity contribution in [3.63, 3.8) is 0 Å². The van der Waals surface area contributed by atoms with Crippen LogP contribution in [-0.2, 0) is 18.2 Å². The molecule has 0 unspecified atom stereocenters. The highest BCUT2D eigenvalue weighted by Crippen LogP contribution is 2.32. The van der Waals surface area contributed by atoms with E-state index >= 15 is 0 Å². The van der Waals surface area contributed by atoms with E-state index < -0.39 is 6.10 Å². The van der Waals surface area contributed by atoms with Crippen LogP contribution in [-0.4, -0.2) is 33.9 Å². The molecule has 0 aliphatic heterocycles. The molecule has 3 aromatic rings. The van der Waals surface area contributed by atoms with E-state index in [1.54, 1.807) is 6.20 Å². The standard InChI is InChI=1S/C24H29N3O2/c1-27-15-14-25-24(27)23(19-9-3-2-4-10-19)26-16-20(28)17-29-22-13-7-11-18-8-5-6-12-21(18)22/h2-6,8-10,12,14-15,20,22-23,26,28H,7,11,13,16-17H2,1H3/t20-,22+,23-/m1/s1. The summed E-state index contributed by atoms with van der Waals surface area (Å²) in [5.74, 6) is 0.922. The molecule has 1 heterocycles. The van der Waals surface area contributed by atoms with Crippen molar-refractivity contribution in [3.8, 4) is 0 Å². The summed E-state index contributed by atoms with van der Waals surface area (Å²) in [7, 11) is 1.99. The summed E-state index contributed by atoms with van der Waals surface area (Å²) in [4.78, 5) is 4.50.